The van der Waals surface area contributed by atoms with E-state index in [1.807, 2.05) is 0 Å². The molecule has 0 radical (unpaired) electrons. The second-order valence-corrected chi connectivity index (χ2v) is 7.82. The molecule has 27 heavy (non-hydrogen) atoms. The molecule has 0 aliphatic carbocycles. The highest BCUT2D eigenvalue weighted by molar-refractivity contribution is 14.0. The Morgan fingerprint density at radius 2 is 1.85 bits per heavy atom. The molecule has 1 rings (SSSR count). The van der Waals surface area contributed by atoms with Crippen molar-refractivity contribution in [1.29, 1.82) is 0 Å². The number of guanidine groups is 1. The first-order valence-corrected chi connectivity index (χ1v) is 9.61. The van der Waals surface area contributed by atoms with Gasteiger partial charge in [0.15, 0.2) is 5.96 Å². The maximum atomic E-state index is 5.62. The number of hydrogen-bond donors (Lipinski definition) is 2. The van der Waals surface area contributed by atoms with Crippen LogP contribution in [0.4, 0.5) is 0 Å². The number of rotatable bonds is 9. The maximum absolute atomic E-state index is 5.62. The molecule has 2 N–H and O–H groups in total. The lowest BCUT2D eigenvalue weighted by Crippen LogP contribution is -2.45. The fraction of sp³-hybridized carbons (Fsp3) is 0.667. The van der Waals surface area contributed by atoms with Crippen LogP contribution in [0.5, 0.6) is 0 Å². The number of halogens is 1. The van der Waals surface area contributed by atoms with E-state index in [4.69, 9.17) is 9.73 Å². The Labute approximate surface area is 183 Å². The van der Waals surface area contributed by atoms with Crippen LogP contribution in [0, 0.1) is 5.41 Å². The molecule has 1 atom stereocenters. The number of ether oxygens (including phenoxy) is 1. The molecule has 1 aromatic rings. The van der Waals surface area contributed by atoms with Crippen LogP contribution in [0.3, 0.4) is 0 Å². The van der Waals surface area contributed by atoms with E-state index >= 15 is 0 Å². The second kappa shape index (κ2) is 13.3. The van der Waals surface area contributed by atoms with Crippen LogP contribution >= 0.6 is 24.0 Å². The van der Waals surface area contributed by atoms with Gasteiger partial charge in [0.1, 0.15) is 0 Å². The van der Waals surface area contributed by atoms with Crippen molar-refractivity contribution >= 4 is 29.9 Å². The van der Waals surface area contributed by atoms with Gasteiger partial charge in [-0.05, 0) is 37.1 Å². The van der Waals surface area contributed by atoms with E-state index in [1.54, 1.807) is 7.11 Å². The first-order valence-electron chi connectivity index (χ1n) is 9.61. The van der Waals surface area contributed by atoms with Crippen molar-refractivity contribution < 1.29 is 4.74 Å². The number of hydrogen-bond acceptors (Lipinski definition) is 3. The molecule has 0 aromatic heterocycles. The van der Waals surface area contributed by atoms with E-state index in [9.17, 15) is 0 Å². The minimum absolute atomic E-state index is 0. The van der Waals surface area contributed by atoms with Gasteiger partial charge in [-0.1, -0.05) is 52.0 Å². The largest absolute Gasteiger partial charge is 0.379 e. The van der Waals surface area contributed by atoms with Crippen LogP contribution in [0.1, 0.15) is 45.7 Å². The zero-order valence-corrected chi connectivity index (χ0v) is 20.5. The lowest BCUT2D eigenvalue weighted by atomic mass is 9.89. The lowest BCUT2D eigenvalue weighted by Gasteiger charge is -2.30. The average molecular weight is 490 g/mol. The number of benzene rings is 1. The van der Waals surface area contributed by atoms with Gasteiger partial charge in [0.2, 0.25) is 0 Å². The van der Waals surface area contributed by atoms with E-state index in [1.165, 1.54) is 11.1 Å². The molecule has 0 saturated carbocycles. The highest BCUT2D eigenvalue weighted by Crippen LogP contribution is 2.20. The first kappa shape index (κ1) is 26.1. The zero-order valence-electron chi connectivity index (χ0n) is 18.1. The molecule has 6 heteroatoms. The van der Waals surface area contributed by atoms with E-state index in [2.05, 4.69) is 81.5 Å². The van der Waals surface area contributed by atoms with Gasteiger partial charge < -0.3 is 20.3 Å². The molecule has 0 fully saturated rings. The van der Waals surface area contributed by atoms with Crippen LogP contribution in [0.25, 0.3) is 0 Å². The molecule has 0 aliphatic heterocycles. The quantitative estimate of drug-likeness (QED) is 0.314. The Morgan fingerprint density at radius 3 is 2.41 bits per heavy atom. The summed E-state index contributed by atoms with van der Waals surface area (Å²) >= 11 is 0. The third kappa shape index (κ3) is 10.3. The Kier molecular flexibility index (Phi) is 12.9. The fourth-order valence-corrected chi connectivity index (χ4v) is 2.69. The van der Waals surface area contributed by atoms with Gasteiger partial charge in [-0.2, -0.15) is 0 Å². The Balaban J connectivity index is 0.00000676. The highest BCUT2D eigenvalue weighted by atomic mass is 127. The van der Waals surface area contributed by atoms with Crippen molar-refractivity contribution in [2.75, 3.05) is 33.8 Å². The molecule has 0 spiro atoms. The van der Waals surface area contributed by atoms with Gasteiger partial charge in [-0.25, -0.2) is 4.99 Å². The zero-order chi connectivity index (χ0) is 19.6. The van der Waals surface area contributed by atoms with Crippen molar-refractivity contribution in [2.24, 2.45) is 10.4 Å². The van der Waals surface area contributed by atoms with E-state index in [0.29, 0.717) is 6.54 Å². The van der Waals surface area contributed by atoms with Crippen molar-refractivity contribution in [3.63, 3.8) is 0 Å². The van der Waals surface area contributed by atoms with Gasteiger partial charge in [-0.3, -0.25) is 0 Å². The van der Waals surface area contributed by atoms with Crippen molar-refractivity contribution in [2.45, 2.75) is 53.8 Å². The summed E-state index contributed by atoms with van der Waals surface area (Å²) in [6, 6.07) is 8.67. The second-order valence-electron chi connectivity index (χ2n) is 7.82. The lowest BCUT2D eigenvalue weighted by molar-refractivity contribution is 0.0205. The molecule has 1 unspecified atom stereocenters. The van der Waals surface area contributed by atoms with Crippen molar-refractivity contribution in [3.8, 4) is 0 Å². The summed E-state index contributed by atoms with van der Waals surface area (Å²) in [7, 11) is 3.90. The molecule has 1 aromatic carbocycles. The topological polar surface area (TPSA) is 48.9 Å². The molecular weight excluding hydrogens is 451 g/mol. The summed E-state index contributed by atoms with van der Waals surface area (Å²) in [5, 5.41) is 6.72. The molecule has 0 aliphatic rings. The molecule has 156 valence electrons. The van der Waals surface area contributed by atoms with E-state index < -0.39 is 0 Å². The molecular formula is C21H39IN4O. The van der Waals surface area contributed by atoms with Gasteiger partial charge in [0.25, 0.3) is 0 Å². The van der Waals surface area contributed by atoms with Crippen LogP contribution in [0.15, 0.2) is 29.3 Å². The minimum atomic E-state index is 0. The van der Waals surface area contributed by atoms with E-state index in [-0.39, 0.29) is 35.5 Å². The number of aliphatic imine (C=N–C) groups is 1. The monoisotopic (exact) mass is 490 g/mol. The Bertz CT molecular complexity index is 557. The van der Waals surface area contributed by atoms with Gasteiger partial charge in [0.05, 0.1) is 12.6 Å². The average Bonchev–Trinajstić information content (AvgIpc) is 2.59. The molecule has 0 heterocycles. The number of nitrogens with zero attached hydrogens (tertiary/aromatic N) is 2. The summed E-state index contributed by atoms with van der Waals surface area (Å²) in [6.07, 6.45) is 0.124. The summed E-state index contributed by atoms with van der Waals surface area (Å²) < 4.78 is 5.62. The van der Waals surface area contributed by atoms with Crippen LogP contribution in [0.2, 0.25) is 0 Å². The van der Waals surface area contributed by atoms with Gasteiger partial charge >= 0.3 is 0 Å². The van der Waals surface area contributed by atoms with Gasteiger partial charge in [-0.15, -0.1) is 24.0 Å². The highest BCUT2D eigenvalue weighted by Gasteiger charge is 2.24. The molecule has 0 saturated heterocycles. The summed E-state index contributed by atoms with van der Waals surface area (Å²) in [4.78, 5) is 7.03. The predicted molar refractivity (Wildman–Crippen MR) is 127 cm³/mol. The predicted octanol–water partition coefficient (Wildman–Crippen LogP) is 3.87. The Morgan fingerprint density at radius 1 is 1.19 bits per heavy atom. The SMILES string of the molecule is CCNC(=NCc1cccc(CN(C)CC)c1)NCC(OC)C(C)(C)C.I. The normalized spacial score (nSPS) is 13.3. The first-order chi connectivity index (χ1) is 12.3. The summed E-state index contributed by atoms with van der Waals surface area (Å²) in [6.45, 7) is 15.0. The standard InChI is InChI=1S/C21H38N4O.HI/c1-8-22-20(24-15-19(26-7)21(3,4)5)23-14-17-11-10-12-18(13-17)16-25(6)9-2;/h10-13,19H,8-9,14-16H2,1-7H3,(H2,22,23,24);1H. The fourth-order valence-electron chi connectivity index (χ4n) is 2.69. The molecule has 5 nitrogen and oxygen atoms in total. The van der Waals surface area contributed by atoms with Gasteiger partial charge in [0, 0.05) is 26.7 Å². The Hall–Kier alpha value is -0.860. The van der Waals surface area contributed by atoms with E-state index in [0.717, 1.165) is 32.1 Å². The minimum Gasteiger partial charge on any atom is -0.379 e. The van der Waals surface area contributed by atoms with Crippen LogP contribution in [-0.4, -0.2) is 50.8 Å². The third-order valence-corrected chi connectivity index (χ3v) is 4.45. The number of methoxy groups -OCH3 is 1. The number of nitrogens with one attached hydrogen (secondary N) is 2. The molecule has 0 bridgehead atoms. The maximum Gasteiger partial charge on any atom is 0.191 e. The van der Waals surface area contributed by atoms with Crippen molar-refractivity contribution in [1.82, 2.24) is 15.5 Å². The van der Waals surface area contributed by atoms with Crippen molar-refractivity contribution in [3.05, 3.63) is 35.4 Å². The molecule has 0 amide bonds. The third-order valence-electron chi connectivity index (χ3n) is 4.45. The summed E-state index contributed by atoms with van der Waals surface area (Å²) in [5.74, 6) is 0.829. The summed E-state index contributed by atoms with van der Waals surface area (Å²) in [5.41, 5.74) is 2.63. The van der Waals surface area contributed by atoms with Crippen LogP contribution in [-0.2, 0) is 17.8 Å². The van der Waals surface area contributed by atoms with Crippen LogP contribution < -0.4 is 10.6 Å². The smallest absolute Gasteiger partial charge is 0.191 e.